The Morgan fingerprint density at radius 1 is 0.284 bits per heavy atom. The molecule has 0 aromatic heterocycles. The molecule has 0 radical (unpaired) electrons. The summed E-state index contributed by atoms with van der Waals surface area (Å²) in [5.41, 5.74) is 0. The molecule has 6 nitrogen and oxygen atoms in total. The summed E-state index contributed by atoms with van der Waals surface area (Å²) in [7, 11) is 0. The van der Waals surface area contributed by atoms with Gasteiger partial charge in [-0.1, -0.05) is 304 Å². The highest BCUT2D eigenvalue weighted by molar-refractivity contribution is 5.71. The highest BCUT2D eigenvalue weighted by atomic mass is 16.6. The zero-order valence-electron chi connectivity index (χ0n) is 46.0. The maximum absolute atomic E-state index is 12.9. The molecule has 0 aliphatic carbocycles. The Hall–Kier alpha value is -1.59. The van der Waals surface area contributed by atoms with Crippen molar-refractivity contribution in [3.05, 3.63) is 0 Å². The lowest BCUT2D eigenvalue weighted by Crippen LogP contribution is -2.30. The van der Waals surface area contributed by atoms with Gasteiger partial charge in [-0.05, 0) is 31.1 Å². The molecule has 0 bridgehead atoms. The normalized spacial score (nSPS) is 12.0. The molecule has 0 aliphatic rings. The van der Waals surface area contributed by atoms with E-state index in [-0.39, 0.29) is 31.1 Å². The van der Waals surface area contributed by atoms with Crippen molar-refractivity contribution < 1.29 is 28.6 Å². The van der Waals surface area contributed by atoms with Crippen LogP contribution in [0.25, 0.3) is 0 Å². The van der Waals surface area contributed by atoms with Gasteiger partial charge in [0.05, 0.1) is 0 Å². The second-order valence-corrected chi connectivity index (χ2v) is 21.9. The molecule has 6 heteroatoms. The monoisotopic (exact) mass is 947 g/mol. The van der Waals surface area contributed by atoms with Crippen LogP contribution in [0.3, 0.4) is 0 Å². The van der Waals surface area contributed by atoms with Crippen LogP contribution in [0.2, 0.25) is 0 Å². The summed E-state index contributed by atoms with van der Waals surface area (Å²) >= 11 is 0. The molecule has 0 amide bonds. The number of ether oxygens (including phenoxy) is 3. The third kappa shape index (κ3) is 55.2. The Balaban J connectivity index is 4.17. The van der Waals surface area contributed by atoms with Crippen LogP contribution in [-0.4, -0.2) is 37.2 Å². The molecule has 0 fully saturated rings. The lowest BCUT2D eigenvalue weighted by Gasteiger charge is -2.18. The third-order valence-electron chi connectivity index (χ3n) is 14.0. The fourth-order valence-corrected chi connectivity index (χ4v) is 9.40. The van der Waals surface area contributed by atoms with Gasteiger partial charge in [0.1, 0.15) is 13.2 Å². The fraction of sp³-hybridized carbons (Fsp3) is 0.951. The summed E-state index contributed by atoms with van der Waals surface area (Å²) in [4.78, 5) is 38.1. The van der Waals surface area contributed by atoms with Crippen LogP contribution < -0.4 is 0 Å². The van der Waals surface area contributed by atoms with Gasteiger partial charge in [-0.15, -0.1) is 0 Å². The number of carbonyl (C=O) groups is 3. The van der Waals surface area contributed by atoms with Gasteiger partial charge in [0.25, 0.3) is 0 Å². The second-order valence-electron chi connectivity index (χ2n) is 21.9. The van der Waals surface area contributed by atoms with E-state index in [9.17, 15) is 14.4 Å². The van der Waals surface area contributed by atoms with Crippen LogP contribution >= 0.6 is 0 Å². The largest absolute Gasteiger partial charge is 0.462 e. The third-order valence-corrected chi connectivity index (χ3v) is 14.0. The van der Waals surface area contributed by atoms with Crippen molar-refractivity contribution in [2.24, 2.45) is 11.8 Å². The van der Waals surface area contributed by atoms with Crippen LogP contribution in [0.1, 0.15) is 343 Å². The maximum Gasteiger partial charge on any atom is 0.306 e. The van der Waals surface area contributed by atoms with E-state index in [2.05, 4.69) is 34.6 Å². The summed E-state index contributed by atoms with van der Waals surface area (Å²) in [6.07, 6.45) is 58.2. The first-order chi connectivity index (χ1) is 32.7. The topological polar surface area (TPSA) is 78.9 Å². The molecule has 398 valence electrons. The second kappa shape index (κ2) is 53.8. The van der Waals surface area contributed by atoms with Crippen LogP contribution in [-0.2, 0) is 28.6 Å². The number of esters is 3. The standard InChI is InChI=1S/C61H118O6/c1-6-7-8-9-10-29-36-41-46-51-59(62)65-54-58(67-61(64)53-48-43-38-33-28-24-20-16-15-18-22-26-31-35-40-45-50-57(4)5)55-66-60(63)52-47-42-37-32-27-23-19-14-12-11-13-17-21-25-30-34-39-44-49-56(2)3/h56-58H,6-55H2,1-5H3/t58-/m0/s1. The zero-order valence-corrected chi connectivity index (χ0v) is 46.0. The predicted octanol–water partition coefficient (Wildman–Crippen LogP) is 20.0. The van der Waals surface area contributed by atoms with E-state index in [1.54, 1.807) is 0 Å². The molecule has 0 saturated carbocycles. The first-order valence-corrected chi connectivity index (χ1v) is 30.2. The lowest BCUT2D eigenvalue weighted by molar-refractivity contribution is -0.167. The first kappa shape index (κ1) is 65.4. The molecule has 0 spiro atoms. The zero-order chi connectivity index (χ0) is 48.9. The van der Waals surface area contributed by atoms with E-state index in [1.807, 2.05) is 0 Å². The van der Waals surface area contributed by atoms with Crippen molar-refractivity contribution in [3.8, 4) is 0 Å². The molecule has 67 heavy (non-hydrogen) atoms. The van der Waals surface area contributed by atoms with E-state index >= 15 is 0 Å². The molecule has 0 N–H and O–H groups in total. The van der Waals surface area contributed by atoms with E-state index in [0.717, 1.165) is 69.6 Å². The molecule has 0 unspecified atom stereocenters. The smallest absolute Gasteiger partial charge is 0.306 e. The predicted molar refractivity (Wildman–Crippen MR) is 289 cm³/mol. The number of rotatable bonds is 55. The Morgan fingerprint density at radius 2 is 0.493 bits per heavy atom. The molecule has 0 aromatic carbocycles. The summed E-state index contributed by atoms with van der Waals surface area (Å²) < 4.78 is 16.9. The minimum atomic E-state index is -0.762. The average Bonchev–Trinajstić information content (AvgIpc) is 3.30. The quantitative estimate of drug-likeness (QED) is 0.0343. The number of carbonyl (C=O) groups excluding carboxylic acids is 3. The van der Waals surface area contributed by atoms with Gasteiger partial charge < -0.3 is 14.2 Å². The summed E-state index contributed by atoms with van der Waals surface area (Å²) in [6.45, 7) is 11.4. The molecule has 0 heterocycles. The van der Waals surface area contributed by atoms with Crippen molar-refractivity contribution in [2.75, 3.05) is 13.2 Å². The van der Waals surface area contributed by atoms with E-state index in [4.69, 9.17) is 14.2 Å². The molecule has 0 saturated heterocycles. The van der Waals surface area contributed by atoms with Crippen molar-refractivity contribution in [2.45, 2.75) is 349 Å². The SMILES string of the molecule is CCCCCCCCCCCC(=O)OC[C@@H](COC(=O)CCCCCCCCCCCCCCCCCCCCC(C)C)OC(=O)CCCCCCCCCCCCCCCCCCC(C)C. The number of unbranched alkanes of at least 4 members (excludes halogenated alkanes) is 40. The molecular weight excluding hydrogens is 829 g/mol. The van der Waals surface area contributed by atoms with Crippen LogP contribution in [0.4, 0.5) is 0 Å². The van der Waals surface area contributed by atoms with Crippen LogP contribution in [0.15, 0.2) is 0 Å². The Kier molecular flexibility index (Phi) is 52.5. The van der Waals surface area contributed by atoms with Gasteiger partial charge in [0.15, 0.2) is 6.10 Å². The van der Waals surface area contributed by atoms with Gasteiger partial charge in [0, 0.05) is 19.3 Å². The maximum atomic E-state index is 12.9. The minimum Gasteiger partial charge on any atom is -0.462 e. The van der Waals surface area contributed by atoms with Gasteiger partial charge in [0.2, 0.25) is 0 Å². The Bertz CT molecular complexity index is 1020. The minimum absolute atomic E-state index is 0.0624. The van der Waals surface area contributed by atoms with Gasteiger partial charge in [-0.2, -0.15) is 0 Å². The lowest BCUT2D eigenvalue weighted by atomic mass is 10.0. The number of hydrogen-bond donors (Lipinski definition) is 0. The average molecular weight is 948 g/mol. The Labute approximate surface area is 418 Å². The van der Waals surface area contributed by atoms with Crippen LogP contribution in [0.5, 0.6) is 0 Å². The number of hydrogen-bond acceptors (Lipinski definition) is 6. The molecular formula is C61H118O6. The van der Waals surface area contributed by atoms with Crippen molar-refractivity contribution in [3.63, 3.8) is 0 Å². The molecule has 0 aromatic rings. The molecule has 0 rings (SSSR count). The molecule has 1 atom stereocenters. The highest BCUT2D eigenvalue weighted by Crippen LogP contribution is 2.19. The van der Waals surface area contributed by atoms with E-state index < -0.39 is 6.10 Å². The van der Waals surface area contributed by atoms with Gasteiger partial charge >= 0.3 is 17.9 Å². The first-order valence-electron chi connectivity index (χ1n) is 30.2. The summed E-state index contributed by atoms with van der Waals surface area (Å²) in [6, 6.07) is 0. The van der Waals surface area contributed by atoms with Crippen molar-refractivity contribution in [1.29, 1.82) is 0 Å². The van der Waals surface area contributed by atoms with E-state index in [1.165, 1.54) is 231 Å². The summed E-state index contributed by atoms with van der Waals surface area (Å²) in [5, 5.41) is 0. The van der Waals surface area contributed by atoms with Crippen LogP contribution in [0, 0.1) is 11.8 Å². The van der Waals surface area contributed by atoms with Crippen molar-refractivity contribution in [1.82, 2.24) is 0 Å². The summed E-state index contributed by atoms with van der Waals surface area (Å²) in [5.74, 6) is 0.872. The fourth-order valence-electron chi connectivity index (χ4n) is 9.40. The Morgan fingerprint density at radius 3 is 0.731 bits per heavy atom. The molecule has 0 aliphatic heterocycles. The van der Waals surface area contributed by atoms with Gasteiger partial charge in [-0.25, -0.2) is 0 Å². The highest BCUT2D eigenvalue weighted by Gasteiger charge is 2.19. The van der Waals surface area contributed by atoms with Crippen molar-refractivity contribution >= 4 is 17.9 Å². The van der Waals surface area contributed by atoms with Gasteiger partial charge in [-0.3, -0.25) is 14.4 Å². The van der Waals surface area contributed by atoms with E-state index in [0.29, 0.717) is 19.3 Å².